The number of fused-ring (bicyclic) bond motifs is 1. The Labute approximate surface area is 261 Å². The summed E-state index contributed by atoms with van der Waals surface area (Å²) in [6, 6.07) is 43.1. The third-order valence-corrected chi connectivity index (χ3v) is 6.61. The summed E-state index contributed by atoms with van der Waals surface area (Å²) in [6.07, 6.45) is 0. The molecule has 2 radical (unpaired) electrons. The maximum Gasteiger partial charge on any atom is 4.00 e. The van der Waals surface area contributed by atoms with Crippen LogP contribution in [0.4, 0.5) is 0 Å². The number of halogens is 2. The Morgan fingerprint density at radius 3 is 1.63 bits per heavy atom. The van der Waals surface area contributed by atoms with Crippen LogP contribution >= 0.6 is 0 Å². The van der Waals surface area contributed by atoms with Crippen molar-refractivity contribution < 1.29 is 55.8 Å². The van der Waals surface area contributed by atoms with Crippen LogP contribution in [0.1, 0.15) is 36.7 Å². The fourth-order valence-electron chi connectivity index (χ4n) is 3.61. The first-order valence-corrected chi connectivity index (χ1v) is 12.7. The van der Waals surface area contributed by atoms with Crippen LogP contribution < -0.4 is 35.2 Å². The number of carbonyl (C=O) groups is 1. The minimum absolute atomic E-state index is 0. The van der Waals surface area contributed by atoms with E-state index < -0.39 is 5.91 Å². The van der Waals surface area contributed by atoms with Crippen molar-refractivity contribution in [1.82, 2.24) is 0 Å². The molecule has 5 aromatic rings. The molecule has 0 saturated heterocycles. The van der Waals surface area contributed by atoms with E-state index in [-0.39, 0.29) is 56.4 Å². The number of nitrogens with one attached hydrogen (secondary N) is 1. The monoisotopic (exact) mass is 633 g/mol. The molecule has 2 nitrogen and oxygen atoms in total. The first kappa shape index (κ1) is 35.6. The molecule has 5 aromatic carbocycles. The van der Waals surface area contributed by atoms with E-state index in [4.69, 9.17) is 5.73 Å². The Balaban J connectivity index is 0.000000527. The molecule has 0 aromatic heterocycles. The van der Waals surface area contributed by atoms with Gasteiger partial charge >= 0.3 is 26.2 Å². The van der Waals surface area contributed by atoms with Gasteiger partial charge in [0.15, 0.2) is 0 Å². The normalized spacial score (nSPS) is 9.66. The second-order valence-corrected chi connectivity index (χ2v) is 10.5. The van der Waals surface area contributed by atoms with Crippen molar-refractivity contribution in [3.05, 3.63) is 144 Å². The van der Waals surface area contributed by atoms with Crippen molar-refractivity contribution in [2.75, 3.05) is 0 Å². The van der Waals surface area contributed by atoms with Crippen LogP contribution in [-0.2, 0) is 31.6 Å². The van der Waals surface area contributed by atoms with Gasteiger partial charge in [-0.05, 0) is 11.0 Å². The van der Waals surface area contributed by atoms with E-state index in [1.165, 1.54) is 21.1 Å². The number of hydrogen-bond acceptors (Lipinski definition) is 1. The molecule has 0 aliphatic heterocycles. The fraction of sp³-hybridized carbons (Fsp3) is 0.125. The fourth-order valence-corrected chi connectivity index (χ4v) is 4.67. The number of rotatable bonds is 3. The van der Waals surface area contributed by atoms with Gasteiger partial charge in [-0.25, -0.2) is 0 Å². The van der Waals surface area contributed by atoms with Gasteiger partial charge in [0, 0.05) is 5.56 Å². The topological polar surface area (TPSA) is 40.9 Å². The SMILES string of the molecule is CC(C)(C)c1ccccc1C([NH-])=O.[Cl-].[Cl-].[Zr+4].c1ccc([Si]c2ccccc2)cc1.c1ccc2[cH-]ccc2c1. The van der Waals surface area contributed by atoms with Crippen LogP contribution in [0, 0.1) is 0 Å². The van der Waals surface area contributed by atoms with E-state index in [0.29, 0.717) is 5.56 Å². The van der Waals surface area contributed by atoms with Gasteiger partial charge in [-0.15, -0.1) is 29.7 Å². The zero-order chi connectivity index (χ0) is 25.1. The molecule has 6 heteroatoms. The molecule has 38 heavy (non-hydrogen) atoms. The van der Waals surface area contributed by atoms with E-state index in [0.717, 1.165) is 15.1 Å². The van der Waals surface area contributed by atoms with Gasteiger partial charge in [0.25, 0.3) is 0 Å². The summed E-state index contributed by atoms with van der Waals surface area (Å²) in [5, 5.41) is 5.46. The third-order valence-electron chi connectivity index (χ3n) is 5.36. The van der Waals surface area contributed by atoms with Crippen molar-refractivity contribution >= 4 is 36.6 Å². The van der Waals surface area contributed by atoms with Gasteiger partial charge in [0.2, 0.25) is 0 Å². The average molecular weight is 636 g/mol. The quantitative estimate of drug-likeness (QED) is 0.216. The van der Waals surface area contributed by atoms with Crippen molar-refractivity contribution in [3.63, 3.8) is 0 Å². The largest absolute Gasteiger partial charge is 4.00 e. The van der Waals surface area contributed by atoms with Crippen molar-refractivity contribution in [1.29, 1.82) is 0 Å². The second kappa shape index (κ2) is 18.0. The molecule has 0 spiro atoms. The van der Waals surface area contributed by atoms with Crippen molar-refractivity contribution in [2.45, 2.75) is 26.2 Å². The summed E-state index contributed by atoms with van der Waals surface area (Å²) in [4.78, 5) is 11.0. The van der Waals surface area contributed by atoms with Crippen LogP contribution in [0.25, 0.3) is 16.5 Å². The first-order valence-electron chi connectivity index (χ1n) is 11.7. The molecule has 1 amide bonds. The van der Waals surface area contributed by atoms with Gasteiger partial charge in [-0.1, -0.05) is 122 Å². The Hall–Kier alpha value is -2.36. The minimum atomic E-state index is -0.606. The van der Waals surface area contributed by atoms with E-state index in [1.807, 2.05) is 32.9 Å². The van der Waals surface area contributed by atoms with Gasteiger partial charge < -0.3 is 35.3 Å². The molecule has 0 saturated carbocycles. The van der Waals surface area contributed by atoms with Crippen LogP contribution in [0.3, 0.4) is 0 Å². The Morgan fingerprint density at radius 1 is 0.684 bits per heavy atom. The number of carbonyl (C=O) groups excluding carboxylic acids is 1. The van der Waals surface area contributed by atoms with E-state index in [1.54, 1.807) is 12.1 Å². The van der Waals surface area contributed by atoms with E-state index in [9.17, 15) is 4.79 Å². The van der Waals surface area contributed by atoms with Gasteiger partial charge in [0.05, 0.1) is 5.91 Å². The Morgan fingerprint density at radius 2 is 1.16 bits per heavy atom. The standard InChI is InChI=1S/C12H10Si.C11H15NO.C9H7.2ClH.Zr/c1-3-7-11(8-4-1)13-12-9-5-2-6-10-12;1-11(2,3)9-7-5-4-6-8(9)10(12)13;1-2-5-9-7-3-6-8(9)4-1;;;/h1-10H;4-7H,1-3H3,(H2,12,13);1-7H;2*1H;/q;;-1;;;+4/p-3. The molecular weight excluding hydrogens is 605 g/mol. The number of benzene rings is 4. The maximum absolute atomic E-state index is 11.0. The number of amides is 1. The van der Waals surface area contributed by atoms with Crippen LogP contribution in [-0.4, -0.2) is 15.4 Å². The Kier molecular flexibility index (Phi) is 16.9. The summed E-state index contributed by atoms with van der Waals surface area (Å²) in [7, 11) is 0.777. The molecule has 0 aliphatic rings. The predicted molar refractivity (Wildman–Crippen MR) is 151 cm³/mol. The molecule has 0 atom stereocenters. The van der Waals surface area contributed by atoms with Gasteiger partial charge in [-0.3, -0.25) is 0 Å². The van der Waals surface area contributed by atoms with Crippen LogP contribution in [0.15, 0.2) is 127 Å². The maximum atomic E-state index is 11.0. The Bertz CT molecular complexity index is 1270. The predicted octanol–water partition coefficient (Wildman–Crippen LogP) is 1.08. The van der Waals surface area contributed by atoms with Crippen LogP contribution in [0.5, 0.6) is 0 Å². The van der Waals surface area contributed by atoms with Crippen molar-refractivity contribution in [2.24, 2.45) is 0 Å². The average Bonchev–Trinajstić information content (AvgIpc) is 3.35. The first-order chi connectivity index (χ1) is 16.8. The molecule has 192 valence electrons. The number of hydrogen-bond donors (Lipinski definition) is 0. The van der Waals surface area contributed by atoms with Gasteiger partial charge in [0.1, 0.15) is 9.52 Å². The zero-order valence-electron chi connectivity index (χ0n) is 21.8. The molecule has 0 heterocycles. The molecule has 5 rings (SSSR count). The third kappa shape index (κ3) is 11.6. The van der Waals surface area contributed by atoms with E-state index >= 15 is 0 Å². The van der Waals surface area contributed by atoms with E-state index in [2.05, 4.69) is 103 Å². The molecular formula is C32H31Cl2NOSiZr. The van der Waals surface area contributed by atoms with Crippen molar-refractivity contribution in [3.8, 4) is 0 Å². The molecule has 0 unspecified atom stereocenters. The molecule has 0 bridgehead atoms. The molecule has 1 N–H and O–H groups in total. The minimum Gasteiger partial charge on any atom is -1.00 e. The molecule has 0 aliphatic carbocycles. The van der Waals surface area contributed by atoms with Gasteiger partial charge in [-0.2, -0.15) is 17.5 Å². The summed E-state index contributed by atoms with van der Waals surface area (Å²) < 4.78 is 0. The summed E-state index contributed by atoms with van der Waals surface area (Å²) in [5.41, 5.74) is 8.47. The summed E-state index contributed by atoms with van der Waals surface area (Å²) in [5.74, 6) is -0.606. The van der Waals surface area contributed by atoms with Crippen LogP contribution in [0.2, 0.25) is 0 Å². The smallest absolute Gasteiger partial charge is 1.00 e. The summed E-state index contributed by atoms with van der Waals surface area (Å²) >= 11 is 0. The zero-order valence-corrected chi connectivity index (χ0v) is 26.8. The summed E-state index contributed by atoms with van der Waals surface area (Å²) in [6.45, 7) is 6.11. The second-order valence-electron chi connectivity index (χ2n) is 9.14. The molecule has 0 fully saturated rings.